The third-order valence-corrected chi connectivity index (χ3v) is 2.86. The molecule has 0 unspecified atom stereocenters. The summed E-state index contributed by atoms with van der Waals surface area (Å²) in [5, 5.41) is 0.724. The van der Waals surface area contributed by atoms with Crippen LogP contribution in [0.2, 0.25) is 0 Å². The van der Waals surface area contributed by atoms with Crippen molar-refractivity contribution in [1.82, 2.24) is 9.97 Å². The van der Waals surface area contributed by atoms with E-state index in [0.29, 0.717) is 17.1 Å². The molecule has 0 aromatic carbocycles. The van der Waals surface area contributed by atoms with Gasteiger partial charge in [0, 0.05) is 11.8 Å². The van der Waals surface area contributed by atoms with Gasteiger partial charge in [-0.25, -0.2) is 9.78 Å². The Bertz CT molecular complexity index is 542. The highest BCUT2D eigenvalue weighted by molar-refractivity contribution is 7.98. The average molecular weight is 268 g/mol. The second-order valence-corrected chi connectivity index (χ2v) is 4.35. The molecule has 0 aliphatic carbocycles. The van der Waals surface area contributed by atoms with E-state index in [9.17, 15) is 4.79 Å². The molecular formula is C11H12N2O4S. The highest BCUT2D eigenvalue weighted by Crippen LogP contribution is 2.27. The maximum Gasteiger partial charge on any atom is 0.360 e. The lowest BCUT2D eigenvalue weighted by molar-refractivity contribution is 0.0519. The molecule has 0 atom stereocenters. The molecule has 6 nitrogen and oxygen atoms in total. The summed E-state index contributed by atoms with van der Waals surface area (Å²) in [5.74, 6) is 0.238. The summed E-state index contributed by atoms with van der Waals surface area (Å²) in [7, 11) is 0. The third-order valence-electron chi connectivity index (χ3n) is 2.15. The first-order valence-electron chi connectivity index (χ1n) is 5.34. The minimum Gasteiger partial charge on any atom is -0.461 e. The van der Waals surface area contributed by atoms with Crippen molar-refractivity contribution >= 4 is 17.7 Å². The molecule has 18 heavy (non-hydrogen) atoms. The number of nitrogens with zero attached hydrogens (tertiary/aromatic N) is 2. The molecule has 0 amide bonds. The predicted molar refractivity (Wildman–Crippen MR) is 62.6 cm³/mol. The zero-order valence-corrected chi connectivity index (χ0v) is 11.0. The lowest BCUT2D eigenvalue weighted by atomic mass is 10.4. The van der Waals surface area contributed by atoms with E-state index in [-0.39, 0.29) is 5.69 Å². The highest BCUT2D eigenvalue weighted by Gasteiger charge is 2.16. The summed E-state index contributed by atoms with van der Waals surface area (Å²) < 4.78 is 15.3. The molecule has 0 spiro atoms. The van der Waals surface area contributed by atoms with E-state index in [1.807, 2.05) is 13.8 Å². The van der Waals surface area contributed by atoms with Crippen molar-refractivity contribution < 1.29 is 18.4 Å². The van der Waals surface area contributed by atoms with Crippen molar-refractivity contribution in [2.45, 2.75) is 31.2 Å². The molecule has 0 radical (unpaired) electrons. The van der Waals surface area contributed by atoms with Crippen LogP contribution in [0.4, 0.5) is 0 Å². The molecule has 0 aliphatic rings. The van der Waals surface area contributed by atoms with Crippen molar-refractivity contribution in [3.05, 3.63) is 23.4 Å². The van der Waals surface area contributed by atoms with E-state index in [4.69, 9.17) is 13.6 Å². The summed E-state index contributed by atoms with van der Waals surface area (Å²) in [6.45, 7) is 5.70. The predicted octanol–water partition coefficient (Wildman–Crippen LogP) is 2.61. The molecule has 2 heterocycles. The van der Waals surface area contributed by atoms with Gasteiger partial charge in [0.2, 0.25) is 0 Å². The van der Waals surface area contributed by atoms with Crippen LogP contribution < -0.4 is 0 Å². The van der Waals surface area contributed by atoms with Crippen LogP contribution in [0.5, 0.6) is 0 Å². The van der Waals surface area contributed by atoms with Crippen LogP contribution in [0.1, 0.15) is 28.9 Å². The number of hydrogen-bond donors (Lipinski definition) is 0. The molecule has 0 fully saturated rings. The maximum atomic E-state index is 11.4. The molecule has 2 rings (SSSR count). The summed E-state index contributed by atoms with van der Waals surface area (Å²) >= 11 is 1.12. The molecule has 0 N–H and O–H groups in total. The molecule has 2 aromatic heterocycles. The van der Waals surface area contributed by atoms with Gasteiger partial charge in [-0.05, 0) is 20.8 Å². The Morgan fingerprint density at radius 1 is 1.39 bits per heavy atom. The molecule has 0 saturated carbocycles. The van der Waals surface area contributed by atoms with Crippen LogP contribution in [-0.4, -0.2) is 22.5 Å². The fourth-order valence-electron chi connectivity index (χ4n) is 1.16. The van der Waals surface area contributed by atoms with Crippen molar-refractivity contribution in [2.24, 2.45) is 0 Å². The molecule has 0 aliphatic heterocycles. The van der Waals surface area contributed by atoms with Crippen LogP contribution >= 0.6 is 11.8 Å². The first-order chi connectivity index (χ1) is 8.60. The minimum atomic E-state index is -0.507. The number of hydrogen-bond acceptors (Lipinski definition) is 7. The van der Waals surface area contributed by atoms with E-state index in [1.54, 1.807) is 6.92 Å². The van der Waals surface area contributed by atoms with E-state index in [2.05, 4.69) is 9.97 Å². The van der Waals surface area contributed by atoms with Gasteiger partial charge in [0.25, 0.3) is 10.4 Å². The molecular weight excluding hydrogens is 256 g/mol. The van der Waals surface area contributed by atoms with E-state index >= 15 is 0 Å². The Morgan fingerprint density at radius 2 is 2.17 bits per heavy atom. The van der Waals surface area contributed by atoms with Crippen molar-refractivity contribution in [3.63, 3.8) is 0 Å². The van der Waals surface area contributed by atoms with Gasteiger partial charge in [-0.15, -0.1) is 0 Å². The standard InChI is InChI=1S/C11H12N2O4S/c1-4-15-9(14)8-5-16-10(13-8)18-11-12-6(2)7(3)17-11/h5H,4H2,1-3H3. The van der Waals surface area contributed by atoms with Crippen LogP contribution in [0, 0.1) is 13.8 Å². The summed E-state index contributed by atoms with van der Waals surface area (Å²) in [6.07, 6.45) is 1.25. The zero-order valence-electron chi connectivity index (χ0n) is 10.2. The fourth-order valence-corrected chi connectivity index (χ4v) is 1.90. The van der Waals surface area contributed by atoms with Gasteiger partial charge in [0.1, 0.15) is 12.0 Å². The summed E-state index contributed by atoms with van der Waals surface area (Å²) in [4.78, 5) is 19.5. The van der Waals surface area contributed by atoms with Crippen molar-refractivity contribution in [2.75, 3.05) is 6.61 Å². The smallest absolute Gasteiger partial charge is 0.360 e. The number of aryl methyl sites for hydroxylation is 2. The third kappa shape index (κ3) is 2.73. The first kappa shape index (κ1) is 12.7. The number of carbonyl (C=O) groups is 1. The molecule has 96 valence electrons. The van der Waals surface area contributed by atoms with Gasteiger partial charge in [0.05, 0.1) is 12.3 Å². The highest BCUT2D eigenvalue weighted by atomic mass is 32.2. The quantitative estimate of drug-likeness (QED) is 0.788. The normalized spacial score (nSPS) is 10.6. The largest absolute Gasteiger partial charge is 0.461 e. The number of esters is 1. The topological polar surface area (TPSA) is 78.4 Å². The van der Waals surface area contributed by atoms with Crippen LogP contribution in [-0.2, 0) is 4.74 Å². The van der Waals surface area contributed by atoms with E-state index in [1.165, 1.54) is 6.26 Å². The monoisotopic (exact) mass is 268 g/mol. The van der Waals surface area contributed by atoms with Gasteiger partial charge in [-0.1, -0.05) is 0 Å². The van der Waals surface area contributed by atoms with Crippen molar-refractivity contribution in [1.29, 1.82) is 0 Å². The molecule has 0 bridgehead atoms. The van der Waals surface area contributed by atoms with Gasteiger partial charge in [-0.2, -0.15) is 4.98 Å². The Labute approximate surface area is 108 Å². The van der Waals surface area contributed by atoms with Gasteiger partial charge in [0.15, 0.2) is 5.69 Å². The van der Waals surface area contributed by atoms with Crippen LogP contribution in [0.15, 0.2) is 25.5 Å². The lowest BCUT2D eigenvalue weighted by Crippen LogP contribution is -2.04. The molecule has 7 heteroatoms. The Kier molecular flexibility index (Phi) is 3.71. The van der Waals surface area contributed by atoms with Crippen molar-refractivity contribution in [3.8, 4) is 0 Å². The van der Waals surface area contributed by atoms with E-state index in [0.717, 1.165) is 23.2 Å². The van der Waals surface area contributed by atoms with E-state index < -0.39 is 5.97 Å². The summed E-state index contributed by atoms with van der Waals surface area (Å²) in [6, 6.07) is 0. The fraction of sp³-hybridized carbons (Fsp3) is 0.364. The second-order valence-electron chi connectivity index (χ2n) is 3.44. The number of ether oxygens (including phenoxy) is 1. The lowest BCUT2D eigenvalue weighted by Gasteiger charge is -1.94. The number of carbonyl (C=O) groups excluding carboxylic acids is 1. The Balaban J connectivity index is 2.09. The van der Waals surface area contributed by atoms with Gasteiger partial charge >= 0.3 is 5.97 Å². The number of oxazole rings is 2. The zero-order chi connectivity index (χ0) is 13.1. The molecule has 0 saturated heterocycles. The van der Waals surface area contributed by atoms with Crippen LogP contribution in [0.3, 0.4) is 0 Å². The van der Waals surface area contributed by atoms with Gasteiger partial charge < -0.3 is 13.6 Å². The average Bonchev–Trinajstić information content (AvgIpc) is 2.88. The first-order valence-corrected chi connectivity index (χ1v) is 6.16. The second kappa shape index (κ2) is 5.26. The number of rotatable bonds is 4. The Hall–Kier alpha value is -1.76. The van der Waals surface area contributed by atoms with Gasteiger partial charge in [-0.3, -0.25) is 0 Å². The van der Waals surface area contributed by atoms with Crippen LogP contribution in [0.25, 0.3) is 0 Å². The molecule has 2 aromatic rings. The minimum absolute atomic E-state index is 0.138. The number of aromatic nitrogens is 2. The SMILES string of the molecule is CCOC(=O)c1coc(Sc2nc(C)c(C)o2)n1. The maximum absolute atomic E-state index is 11.4. The summed E-state index contributed by atoms with van der Waals surface area (Å²) in [5.41, 5.74) is 0.953. The Morgan fingerprint density at radius 3 is 2.78 bits per heavy atom.